The molecule has 2 aliphatic heterocycles. The number of rotatable bonds is 5. The highest BCUT2D eigenvalue weighted by atomic mass is 32.2. The summed E-state index contributed by atoms with van der Waals surface area (Å²) < 4.78 is 41.3. The first kappa shape index (κ1) is 25.5. The molecule has 3 aliphatic rings. The summed E-state index contributed by atoms with van der Waals surface area (Å²) in [6, 6.07) is 18.7. The minimum absolute atomic E-state index is 0. The average Bonchev–Trinajstić information content (AvgIpc) is 3.37. The molecular formula is C29H28F3N5OS. The summed E-state index contributed by atoms with van der Waals surface area (Å²) in [5.41, 5.74) is 2.51. The lowest BCUT2D eigenvalue weighted by Crippen LogP contribution is -2.47. The van der Waals surface area contributed by atoms with Crippen molar-refractivity contribution in [2.45, 2.75) is 42.8 Å². The minimum atomic E-state index is -4.40. The number of para-hydroxylation sites is 1. The Balaban J connectivity index is 0.00000323. The summed E-state index contributed by atoms with van der Waals surface area (Å²) in [7, 11) is 0. The van der Waals surface area contributed by atoms with Crippen molar-refractivity contribution >= 4 is 17.7 Å². The number of aryl methyl sites for hydroxylation is 1. The van der Waals surface area contributed by atoms with Crippen LogP contribution < -0.4 is 10.9 Å². The van der Waals surface area contributed by atoms with Crippen molar-refractivity contribution in [2.75, 3.05) is 12.3 Å². The Labute approximate surface area is 229 Å². The van der Waals surface area contributed by atoms with Gasteiger partial charge in [0.2, 0.25) is 0 Å². The second-order valence-corrected chi connectivity index (χ2v) is 10.7. The van der Waals surface area contributed by atoms with Gasteiger partial charge in [0.1, 0.15) is 0 Å². The van der Waals surface area contributed by atoms with Crippen LogP contribution in [0.3, 0.4) is 0 Å². The predicted octanol–water partition coefficient (Wildman–Crippen LogP) is 4.93. The molecule has 3 heterocycles. The molecule has 1 aromatic heterocycles. The second kappa shape index (κ2) is 10.4. The Morgan fingerprint density at radius 2 is 1.82 bits per heavy atom. The average molecular weight is 552 g/mol. The maximum atomic E-state index is 13.9. The number of nitrogens with zero attached hydrogens (tertiary/aromatic N) is 4. The number of alkyl halides is 3. The molecule has 202 valence electrons. The Morgan fingerprint density at radius 3 is 2.56 bits per heavy atom. The van der Waals surface area contributed by atoms with E-state index in [1.165, 1.54) is 17.7 Å². The summed E-state index contributed by atoms with van der Waals surface area (Å²) in [6.07, 6.45) is 0.743. The second-order valence-electron chi connectivity index (χ2n) is 9.64. The quantitative estimate of drug-likeness (QED) is 0.360. The van der Waals surface area contributed by atoms with E-state index in [2.05, 4.69) is 22.4 Å². The van der Waals surface area contributed by atoms with Gasteiger partial charge < -0.3 is 10.2 Å². The molecule has 0 saturated heterocycles. The van der Waals surface area contributed by atoms with E-state index in [9.17, 15) is 18.0 Å². The van der Waals surface area contributed by atoms with Crippen molar-refractivity contribution in [1.82, 2.24) is 19.8 Å². The molecular weight excluding hydrogens is 523 g/mol. The van der Waals surface area contributed by atoms with Crippen molar-refractivity contribution in [3.63, 3.8) is 0 Å². The zero-order valence-electron chi connectivity index (χ0n) is 20.9. The summed E-state index contributed by atoms with van der Waals surface area (Å²) >= 11 is 1.56. The number of fused-ring (bicyclic) bond motifs is 2. The molecule has 2 unspecified atom stereocenters. The first-order chi connectivity index (χ1) is 18.9. The lowest BCUT2D eigenvalue weighted by atomic mass is 9.99. The van der Waals surface area contributed by atoms with E-state index in [4.69, 9.17) is 4.98 Å². The van der Waals surface area contributed by atoms with Crippen LogP contribution in [0, 0.1) is 0 Å². The Bertz CT molecular complexity index is 1520. The van der Waals surface area contributed by atoms with Crippen molar-refractivity contribution in [3.8, 4) is 5.69 Å². The molecule has 0 saturated carbocycles. The Hall–Kier alpha value is -3.79. The summed E-state index contributed by atoms with van der Waals surface area (Å²) in [5, 5.41) is 3.79. The van der Waals surface area contributed by atoms with Gasteiger partial charge in [0.15, 0.2) is 11.1 Å². The fourth-order valence-electron chi connectivity index (χ4n) is 5.05. The molecule has 2 aromatic carbocycles. The van der Waals surface area contributed by atoms with Crippen LogP contribution in [0.5, 0.6) is 0 Å². The van der Waals surface area contributed by atoms with E-state index in [1.807, 2.05) is 53.4 Å². The number of hydrogen-bond acceptors (Lipinski definition) is 6. The van der Waals surface area contributed by atoms with E-state index < -0.39 is 23.8 Å². The van der Waals surface area contributed by atoms with E-state index >= 15 is 0 Å². The standard InChI is InChI=1S/C29H26F3N5OS.H2/c30-29(31,32)20-11-12-24-25(17-20)34-27(33-24)36-15-13-23-22(18-36)26(38)37(21-9-5-2-6-10-21)28(35-23)39-16-14-19-7-3-1-4-8-19;/h1-12,17,24-25H,13-16,18H2,(H,33,34);1H. The monoisotopic (exact) mass is 551 g/mol. The van der Waals surface area contributed by atoms with Gasteiger partial charge in [0.05, 0.1) is 41.1 Å². The summed E-state index contributed by atoms with van der Waals surface area (Å²) in [5.74, 6) is 1.28. The fourth-order valence-corrected chi connectivity index (χ4v) is 6.06. The third kappa shape index (κ3) is 5.25. The van der Waals surface area contributed by atoms with Crippen molar-refractivity contribution in [1.29, 1.82) is 0 Å². The number of allylic oxidation sites excluding steroid dienone is 2. The van der Waals surface area contributed by atoms with E-state index in [0.717, 1.165) is 29.6 Å². The van der Waals surface area contributed by atoms with E-state index in [-0.39, 0.29) is 13.5 Å². The molecule has 0 radical (unpaired) electrons. The minimum Gasteiger partial charge on any atom is -0.347 e. The first-order valence-electron chi connectivity index (χ1n) is 12.8. The van der Waals surface area contributed by atoms with Gasteiger partial charge in [-0.3, -0.25) is 9.36 Å². The maximum Gasteiger partial charge on any atom is 0.416 e. The number of thioether (sulfide) groups is 1. The molecule has 2 atom stereocenters. The van der Waals surface area contributed by atoms with Crippen LogP contribution in [0.15, 0.2) is 99.4 Å². The van der Waals surface area contributed by atoms with E-state index in [1.54, 1.807) is 16.3 Å². The van der Waals surface area contributed by atoms with Crippen LogP contribution in [0.1, 0.15) is 18.2 Å². The molecule has 1 N–H and O–H groups in total. The molecule has 3 aromatic rings. The summed E-state index contributed by atoms with van der Waals surface area (Å²) in [6.45, 7) is 0.849. The van der Waals surface area contributed by atoms with Gasteiger partial charge in [-0.2, -0.15) is 13.2 Å². The topological polar surface area (TPSA) is 62.5 Å². The molecule has 6 rings (SSSR count). The summed E-state index contributed by atoms with van der Waals surface area (Å²) in [4.78, 5) is 25.4. The van der Waals surface area contributed by atoms with Crippen LogP contribution in [-0.2, 0) is 19.4 Å². The smallest absolute Gasteiger partial charge is 0.347 e. The largest absolute Gasteiger partial charge is 0.416 e. The Morgan fingerprint density at radius 1 is 1.08 bits per heavy atom. The van der Waals surface area contributed by atoms with Gasteiger partial charge in [-0.05, 0) is 30.2 Å². The maximum absolute atomic E-state index is 13.9. The van der Waals surface area contributed by atoms with Gasteiger partial charge >= 0.3 is 6.18 Å². The third-order valence-corrected chi connectivity index (χ3v) is 8.01. The lowest BCUT2D eigenvalue weighted by Gasteiger charge is -2.30. The first-order valence-corrected chi connectivity index (χ1v) is 13.8. The third-order valence-electron chi connectivity index (χ3n) is 7.07. The van der Waals surface area contributed by atoms with Crippen LogP contribution >= 0.6 is 11.8 Å². The molecule has 0 fully saturated rings. The fraction of sp³-hybridized carbons (Fsp3) is 0.276. The van der Waals surface area contributed by atoms with Gasteiger partial charge in [-0.15, -0.1) is 0 Å². The van der Waals surface area contributed by atoms with Crippen LogP contribution in [0.2, 0.25) is 0 Å². The molecule has 10 heteroatoms. The van der Waals surface area contributed by atoms with Gasteiger partial charge in [0, 0.05) is 20.1 Å². The number of hydrogen-bond donors (Lipinski definition) is 1. The van der Waals surface area contributed by atoms with Crippen molar-refractivity contribution < 1.29 is 14.6 Å². The number of aromatic nitrogens is 2. The number of nitrogens with one attached hydrogen (secondary N) is 1. The SMILES string of the molecule is O=c1c2c(nc(SCCc3ccccc3)n1-c1ccccc1)CCN(C1=NC3C=CC(C(F)(F)F)=CC3N1)C2.[HH]. The molecule has 1 aliphatic carbocycles. The van der Waals surface area contributed by atoms with Gasteiger partial charge in [-0.1, -0.05) is 72.4 Å². The van der Waals surface area contributed by atoms with Crippen LogP contribution in [0.25, 0.3) is 5.69 Å². The molecule has 6 nitrogen and oxygen atoms in total. The van der Waals surface area contributed by atoms with Crippen molar-refractivity contribution in [3.05, 3.63) is 112 Å². The number of aliphatic imine (C=N–C) groups is 1. The molecule has 39 heavy (non-hydrogen) atoms. The molecule has 0 amide bonds. The van der Waals surface area contributed by atoms with E-state index in [0.29, 0.717) is 29.6 Å². The highest BCUT2D eigenvalue weighted by Crippen LogP contribution is 2.32. The number of guanidine groups is 1. The number of benzene rings is 2. The lowest BCUT2D eigenvalue weighted by molar-refractivity contribution is -0.0887. The zero-order valence-corrected chi connectivity index (χ0v) is 21.8. The molecule has 0 bridgehead atoms. The van der Waals surface area contributed by atoms with Gasteiger partial charge in [0.25, 0.3) is 5.56 Å². The van der Waals surface area contributed by atoms with Gasteiger partial charge in [-0.25, -0.2) is 9.98 Å². The van der Waals surface area contributed by atoms with Crippen molar-refractivity contribution in [2.24, 2.45) is 4.99 Å². The zero-order chi connectivity index (χ0) is 27.0. The highest BCUT2D eigenvalue weighted by molar-refractivity contribution is 7.99. The van der Waals surface area contributed by atoms with Crippen LogP contribution in [0.4, 0.5) is 13.2 Å². The number of halogens is 3. The van der Waals surface area contributed by atoms with Crippen LogP contribution in [-0.4, -0.2) is 51.0 Å². The highest BCUT2D eigenvalue weighted by Gasteiger charge is 2.39. The Kier molecular flexibility index (Phi) is 6.80. The molecule has 0 spiro atoms. The predicted molar refractivity (Wildman–Crippen MR) is 148 cm³/mol. The normalized spacial score (nSPS) is 20.1.